The largest absolute Gasteiger partial charge is 0.497 e. The lowest BCUT2D eigenvalue weighted by atomic mass is 10.1. The van der Waals surface area contributed by atoms with Gasteiger partial charge in [0.15, 0.2) is 0 Å². The first-order chi connectivity index (χ1) is 15.1. The van der Waals surface area contributed by atoms with Crippen LogP contribution in [0.1, 0.15) is 17.0 Å². The molecule has 31 heavy (non-hydrogen) atoms. The summed E-state index contributed by atoms with van der Waals surface area (Å²) in [5.41, 5.74) is 3.98. The van der Waals surface area contributed by atoms with Gasteiger partial charge in [0.05, 0.1) is 31.1 Å². The monoisotopic (exact) mass is 433 g/mol. The zero-order valence-corrected chi connectivity index (χ0v) is 18.1. The molecule has 158 valence electrons. The summed E-state index contributed by atoms with van der Waals surface area (Å²) >= 11 is 6.39. The average Bonchev–Trinajstić information content (AvgIpc) is 3.13. The number of carbonyl (C=O) groups is 1. The molecule has 0 aliphatic carbocycles. The smallest absolute Gasteiger partial charge is 0.224 e. The number of fused-ring (bicyclic) bond motifs is 1. The number of nitrogens with zero attached hydrogens (tertiary/aromatic N) is 2. The number of halogens is 1. The number of imidazole rings is 1. The minimum atomic E-state index is -0.0149. The number of methoxy groups -OCH3 is 1. The first kappa shape index (κ1) is 20.9. The molecule has 0 unspecified atom stereocenters. The molecule has 1 amide bonds. The number of aromatic nitrogens is 2. The van der Waals surface area contributed by atoms with Gasteiger partial charge in [-0.1, -0.05) is 54.1 Å². The van der Waals surface area contributed by atoms with Crippen molar-refractivity contribution in [3.05, 3.63) is 94.8 Å². The molecule has 4 rings (SSSR count). The molecule has 0 saturated heterocycles. The SMILES string of the molecule is COc1ccc(CC(=O)NCCc2nc3ccccc3n2Cc2ccccc2Cl)cc1. The van der Waals surface area contributed by atoms with E-state index >= 15 is 0 Å². The van der Waals surface area contributed by atoms with Gasteiger partial charge in [-0.05, 0) is 41.5 Å². The quantitative estimate of drug-likeness (QED) is 0.440. The fourth-order valence-electron chi connectivity index (χ4n) is 3.59. The summed E-state index contributed by atoms with van der Waals surface area (Å²) in [7, 11) is 1.63. The van der Waals surface area contributed by atoms with Crippen molar-refractivity contribution < 1.29 is 9.53 Å². The molecular formula is C25H24ClN3O2. The van der Waals surface area contributed by atoms with E-state index in [1.165, 1.54) is 0 Å². The van der Waals surface area contributed by atoms with Gasteiger partial charge in [-0.2, -0.15) is 0 Å². The van der Waals surface area contributed by atoms with E-state index in [0.717, 1.165) is 38.8 Å². The molecule has 0 bridgehead atoms. The Morgan fingerprint density at radius 3 is 2.55 bits per heavy atom. The van der Waals surface area contributed by atoms with Crippen LogP contribution < -0.4 is 10.1 Å². The molecule has 1 N–H and O–H groups in total. The number of ether oxygens (including phenoxy) is 1. The van der Waals surface area contributed by atoms with Crippen molar-refractivity contribution in [2.75, 3.05) is 13.7 Å². The molecule has 0 fully saturated rings. The highest BCUT2D eigenvalue weighted by Gasteiger charge is 2.13. The van der Waals surface area contributed by atoms with Crippen molar-refractivity contribution in [3.63, 3.8) is 0 Å². The Balaban J connectivity index is 1.44. The van der Waals surface area contributed by atoms with Gasteiger partial charge in [0, 0.05) is 18.0 Å². The fourth-order valence-corrected chi connectivity index (χ4v) is 3.79. The zero-order chi connectivity index (χ0) is 21.6. The third-order valence-corrected chi connectivity index (χ3v) is 5.58. The topological polar surface area (TPSA) is 56.1 Å². The van der Waals surface area contributed by atoms with Crippen molar-refractivity contribution in [1.29, 1.82) is 0 Å². The Bertz CT molecular complexity index is 1190. The second kappa shape index (κ2) is 9.67. The van der Waals surface area contributed by atoms with Gasteiger partial charge in [0.2, 0.25) is 5.91 Å². The first-order valence-electron chi connectivity index (χ1n) is 10.2. The zero-order valence-electron chi connectivity index (χ0n) is 17.3. The number of hydrogen-bond donors (Lipinski definition) is 1. The predicted octanol–water partition coefficient (Wildman–Crippen LogP) is 4.65. The number of para-hydroxylation sites is 2. The Kier molecular flexibility index (Phi) is 6.53. The Hall–Kier alpha value is -3.31. The van der Waals surface area contributed by atoms with Crippen molar-refractivity contribution in [2.45, 2.75) is 19.4 Å². The van der Waals surface area contributed by atoms with Crippen LogP contribution in [-0.4, -0.2) is 29.1 Å². The molecule has 4 aromatic rings. The lowest BCUT2D eigenvalue weighted by Gasteiger charge is -2.11. The Morgan fingerprint density at radius 2 is 1.77 bits per heavy atom. The third-order valence-electron chi connectivity index (χ3n) is 5.21. The molecule has 3 aromatic carbocycles. The van der Waals surface area contributed by atoms with Gasteiger partial charge < -0.3 is 14.6 Å². The van der Waals surface area contributed by atoms with Crippen molar-refractivity contribution in [3.8, 4) is 5.75 Å². The summed E-state index contributed by atoms with van der Waals surface area (Å²) in [6, 6.07) is 23.4. The van der Waals surface area contributed by atoms with Crippen LogP contribution in [0.2, 0.25) is 5.02 Å². The summed E-state index contributed by atoms with van der Waals surface area (Å²) in [5, 5.41) is 3.74. The molecule has 0 spiro atoms. The highest BCUT2D eigenvalue weighted by molar-refractivity contribution is 6.31. The summed E-state index contributed by atoms with van der Waals surface area (Å²) in [4.78, 5) is 17.2. The van der Waals surface area contributed by atoms with Crippen LogP contribution in [0.25, 0.3) is 11.0 Å². The van der Waals surface area contributed by atoms with E-state index in [2.05, 4.69) is 16.0 Å². The molecule has 0 atom stereocenters. The maximum Gasteiger partial charge on any atom is 0.224 e. The number of carbonyl (C=O) groups excluding carboxylic acids is 1. The van der Waals surface area contributed by atoms with Gasteiger partial charge in [0.25, 0.3) is 0 Å². The second-order valence-corrected chi connectivity index (χ2v) is 7.73. The molecular weight excluding hydrogens is 410 g/mol. The highest BCUT2D eigenvalue weighted by Crippen LogP contribution is 2.22. The summed E-state index contributed by atoms with van der Waals surface area (Å²) in [5.74, 6) is 1.69. The maximum absolute atomic E-state index is 12.4. The third kappa shape index (κ3) is 5.06. The maximum atomic E-state index is 12.4. The summed E-state index contributed by atoms with van der Waals surface area (Å²) in [6.45, 7) is 1.15. The van der Waals surface area contributed by atoms with E-state index in [1.807, 2.05) is 66.7 Å². The Morgan fingerprint density at radius 1 is 1.03 bits per heavy atom. The van der Waals surface area contributed by atoms with Gasteiger partial charge in [-0.25, -0.2) is 4.98 Å². The van der Waals surface area contributed by atoms with Crippen molar-refractivity contribution in [1.82, 2.24) is 14.9 Å². The number of rotatable bonds is 8. The van der Waals surface area contributed by atoms with Crippen LogP contribution in [-0.2, 0) is 24.2 Å². The number of benzene rings is 3. The molecule has 0 aliphatic rings. The summed E-state index contributed by atoms with van der Waals surface area (Å²) < 4.78 is 7.33. The van der Waals surface area contributed by atoms with Crippen LogP contribution >= 0.6 is 11.6 Å². The average molecular weight is 434 g/mol. The lowest BCUT2D eigenvalue weighted by Crippen LogP contribution is -2.28. The predicted molar refractivity (Wildman–Crippen MR) is 124 cm³/mol. The molecule has 1 aromatic heterocycles. The number of nitrogens with one attached hydrogen (secondary N) is 1. The van der Waals surface area contributed by atoms with E-state index in [-0.39, 0.29) is 5.91 Å². The van der Waals surface area contributed by atoms with E-state index < -0.39 is 0 Å². The van der Waals surface area contributed by atoms with Crippen molar-refractivity contribution in [2.24, 2.45) is 0 Å². The molecule has 1 heterocycles. The minimum absolute atomic E-state index is 0.0149. The van der Waals surface area contributed by atoms with E-state index in [0.29, 0.717) is 25.9 Å². The van der Waals surface area contributed by atoms with Crippen LogP contribution in [0.5, 0.6) is 5.75 Å². The highest BCUT2D eigenvalue weighted by atomic mass is 35.5. The normalized spacial score (nSPS) is 10.9. The summed E-state index contributed by atoms with van der Waals surface area (Å²) in [6.07, 6.45) is 0.966. The lowest BCUT2D eigenvalue weighted by molar-refractivity contribution is -0.120. The van der Waals surface area contributed by atoms with E-state index in [1.54, 1.807) is 7.11 Å². The van der Waals surface area contributed by atoms with Gasteiger partial charge in [-0.3, -0.25) is 4.79 Å². The molecule has 6 heteroatoms. The second-order valence-electron chi connectivity index (χ2n) is 7.32. The standard InChI is InChI=1S/C25H24ClN3O2/c1-31-20-12-10-18(11-13-20)16-25(30)27-15-14-24-28-22-8-4-5-9-23(22)29(24)17-19-6-2-3-7-21(19)26/h2-13H,14-17H2,1H3,(H,27,30). The van der Waals surface area contributed by atoms with Crippen molar-refractivity contribution >= 4 is 28.5 Å². The van der Waals surface area contributed by atoms with Crippen LogP contribution in [0.3, 0.4) is 0 Å². The first-order valence-corrected chi connectivity index (χ1v) is 10.6. The molecule has 0 saturated carbocycles. The molecule has 0 aliphatic heterocycles. The number of hydrogen-bond acceptors (Lipinski definition) is 3. The van der Waals surface area contributed by atoms with Gasteiger partial charge >= 0.3 is 0 Å². The van der Waals surface area contributed by atoms with Gasteiger partial charge in [-0.15, -0.1) is 0 Å². The number of amides is 1. The van der Waals surface area contributed by atoms with Gasteiger partial charge in [0.1, 0.15) is 11.6 Å². The van der Waals surface area contributed by atoms with Crippen LogP contribution in [0, 0.1) is 0 Å². The van der Waals surface area contributed by atoms with Crippen LogP contribution in [0.15, 0.2) is 72.8 Å². The Labute approximate surface area is 186 Å². The minimum Gasteiger partial charge on any atom is -0.497 e. The fraction of sp³-hybridized carbons (Fsp3) is 0.200. The molecule has 0 radical (unpaired) electrons. The van der Waals surface area contributed by atoms with E-state index in [4.69, 9.17) is 21.3 Å². The molecule has 5 nitrogen and oxygen atoms in total. The van der Waals surface area contributed by atoms with Crippen LogP contribution in [0.4, 0.5) is 0 Å². The van der Waals surface area contributed by atoms with E-state index in [9.17, 15) is 4.79 Å².